The third-order valence-corrected chi connectivity index (χ3v) is 9.04. The molecule has 1 N–H and O–H groups in total. The third kappa shape index (κ3) is 8.18. The summed E-state index contributed by atoms with van der Waals surface area (Å²) < 4.78 is 34.7. The van der Waals surface area contributed by atoms with Crippen molar-refractivity contribution in [2.45, 2.75) is 51.6 Å². The Morgan fingerprint density at radius 3 is 2.26 bits per heavy atom. The number of ether oxygens (including phenoxy) is 1. The number of nitrogens with zero attached hydrogens (tertiary/aromatic N) is 2. The highest BCUT2D eigenvalue weighted by molar-refractivity contribution is 7.92. The minimum Gasteiger partial charge on any atom is -0.495 e. The number of rotatable bonds is 13. The van der Waals surface area contributed by atoms with Gasteiger partial charge in [-0.1, -0.05) is 79.9 Å². The molecule has 11 heteroatoms. The summed E-state index contributed by atoms with van der Waals surface area (Å²) in [6, 6.07) is 17.0. The summed E-state index contributed by atoms with van der Waals surface area (Å²) >= 11 is 12.7. The largest absolute Gasteiger partial charge is 0.495 e. The van der Waals surface area contributed by atoms with Crippen LogP contribution in [0.15, 0.2) is 71.6 Å². The van der Waals surface area contributed by atoms with Crippen molar-refractivity contribution in [2.24, 2.45) is 5.92 Å². The normalized spacial score (nSPS) is 12.1. The van der Waals surface area contributed by atoms with E-state index in [-0.39, 0.29) is 39.7 Å². The maximum absolute atomic E-state index is 14.2. The minimum absolute atomic E-state index is 0.00277. The van der Waals surface area contributed by atoms with E-state index in [1.807, 2.05) is 20.8 Å². The quantitative estimate of drug-likeness (QED) is 0.246. The lowest BCUT2D eigenvalue weighted by molar-refractivity contribution is -0.140. The van der Waals surface area contributed by atoms with Crippen LogP contribution < -0.4 is 14.4 Å². The van der Waals surface area contributed by atoms with Crippen molar-refractivity contribution in [1.82, 2.24) is 10.2 Å². The van der Waals surface area contributed by atoms with Gasteiger partial charge in [-0.3, -0.25) is 13.9 Å². The molecule has 0 aromatic heterocycles. The van der Waals surface area contributed by atoms with Gasteiger partial charge in [0.2, 0.25) is 11.8 Å². The Morgan fingerprint density at radius 2 is 1.67 bits per heavy atom. The van der Waals surface area contributed by atoms with E-state index in [0.29, 0.717) is 23.6 Å². The lowest BCUT2D eigenvalue weighted by Crippen LogP contribution is -2.52. The van der Waals surface area contributed by atoms with E-state index in [1.54, 1.807) is 49.4 Å². The Labute approximate surface area is 258 Å². The fourth-order valence-electron chi connectivity index (χ4n) is 4.36. The van der Waals surface area contributed by atoms with E-state index in [2.05, 4.69) is 5.32 Å². The van der Waals surface area contributed by atoms with E-state index < -0.39 is 28.5 Å². The highest BCUT2D eigenvalue weighted by Crippen LogP contribution is 2.35. The molecule has 0 unspecified atom stereocenters. The molecule has 0 heterocycles. The van der Waals surface area contributed by atoms with Gasteiger partial charge in [0, 0.05) is 23.1 Å². The van der Waals surface area contributed by atoms with Crippen LogP contribution in [0.5, 0.6) is 5.75 Å². The van der Waals surface area contributed by atoms with E-state index in [4.69, 9.17) is 27.9 Å². The van der Waals surface area contributed by atoms with E-state index in [9.17, 15) is 18.0 Å². The van der Waals surface area contributed by atoms with Crippen LogP contribution in [0, 0.1) is 12.8 Å². The van der Waals surface area contributed by atoms with Crippen molar-refractivity contribution >= 4 is 50.7 Å². The zero-order chi connectivity index (χ0) is 31.0. The molecule has 0 fully saturated rings. The summed E-state index contributed by atoms with van der Waals surface area (Å²) in [6.45, 7) is 7.40. The average Bonchev–Trinajstić information content (AvgIpc) is 2.95. The summed E-state index contributed by atoms with van der Waals surface area (Å²) in [5.41, 5.74) is 1.59. The number of aryl methyl sites for hydroxylation is 1. The molecule has 1 atom stereocenters. The molecule has 3 aromatic carbocycles. The first-order valence-corrected chi connectivity index (χ1v) is 15.8. The van der Waals surface area contributed by atoms with Crippen LogP contribution in [0.2, 0.25) is 10.0 Å². The number of carbonyl (C=O) groups excluding carboxylic acids is 2. The molecule has 0 saturated heterocycles. The van der Waals surface area contributed by atoms with Crippen LogP contribution in [0.4, 0.5) is 5.69 Å². The molecule has 0 aliphatic carbocycles. The number of hydrogen-bond acceptors (Lipinski definition) is 5. The van der Waals surface area contributed by atoms with Crippen LogP contribution in [-0.4, -0.2) is 51.4 Å². The maximum atomic E-state index is 14.2. The number of methoxy groups -OCH3 is 1. The molecule has 0 saturated carbocycles. The second-order valence-electron chi connectivity index (χ2n) is 10.3. The molecule has 3 rings (SSSR count). The number of anilines is 1. The van der Waals surface area contributed by atoms with E-state index in [0.717, 1.165) is 9.87 Å². The molecule has 42 heavy (non-hydrogen) atoms. The molecular formula is C31H37Cl2N3O5S. The number of sulfonamides is 1. The first-order valence-electron chi connectivity index (χ1n) is 13.6. The zero-order valence-electron chi connectivity index (χ0n) is 24.4. The number of amides is 2. The van der Waals surface area contributed by atoms with Gasteiger partial charge in [0.05, 0.1) is 17.7 Å². The minimum atomic E-state index is -4.28. The predicted molar refractivity (Wildman–Crippen MR) is 168 cm³/mol. The molecular weight excluding hydrogens is 597 g/mol. The SMILES string of the molecule is CC[C@@H](C(=O)NCC(C)C)N(Cc1ccccc1Cl)C(=O)CN(c1cc(Cl)ccc1OC)S(=O)(=O)c1ccc(C)cc1. The highest BCUT2D eigenvalue weighted by Gasteiger charge is 2.35. The van der Waals surface area contributed by atoms with Crippen molar-refractivity contribution in [3.8, 4) is 5.75 Å². The summed E-state index contributed by atoms with van der Waals surface area (Å²) in [5.74, 6) is -0.522. The Kier molecular flexibility index (Phi) is 11.7. The van der Waals surface area contributed by atoms with Gasteiger partial charge < -0.3 is 15.0 Å². The van der Waals surface area contributed by atoms with Crippen LogP contribution in [-0.2, 0) is 26.2 Å². The summed E-state index contributed by atoms with van der Waals surface area (Å²) in [7, 11) is -2.88. The highest BCUT2D eigenvalue weighted by atomic mass is 35.5. The van der Waals surface area contributed by atoms with E-state index >= 15 is 0 Å². The lowest BCUT2D eigenvalue weighted by atomic mass is 10.1. The fraction of sp³-hybridized carbons (Fsp3) is 0.355. The van der Waals surface area contributed by atoms with Crippen LogP contribution >= 0.6 is 23.2 Å². The Hall–Kier alpha value is -3.27. The number of halogens is 2. The standard InChI is InChI=1S/C31H37Cl2N3O5S/c1-6-27(31(38)34-18-21(2)3)35(19-23-9-7-8-10-26(23)33)30(37)20-36(28-17-24(32)13-16-29(28)41-5)42(39,40)25-14-11-22(4)12-15-25/h7-17,21,27H,6,18-20H2,1-5H3,(H,34,38)/t27-/m0/s1. The first-order chi connectivity index (χ1) is 19.9. The van der Waals surface area contributed by atoms with Crippen LogP contribution in [0.25, 0.3) is 0 Å². The second-order valence-corrected chi connectivity index (χ2v) is 13.0. The van der Waals surface area contributed by atoms with Crippen molar-refractivity contribution in [3.05, 3.63) is 87.9 Å². The summed E-state index contributed by atoms with van der Waals surface area (Å²) in [5, 5.41) is 3.59. The molecule has 0 spiro atoms. The van der Waals surface area contributed by atoms with Gasteiger partial charge >= 0.3 is 0 Å². The summed E-state index contributed by atoms with van der Waals surface area (Å²) in [4.78, 5) is 28.9. The van der Waals surface area contributed by atoms with Crippen LogP contribution in [0.3, 0.4) is 0 Å². The molecule has 0 bridgehead atoms. The van der Waals surface area contributed by atoms with Gasteiger partial charge in [0.25, 0.3) is 10.0 Å². The van der Waals surface area contributed by atoms with Gasteiger partial charge in [0.1, 0.15) is 18.3 Å². The van der Waals surface area contributed by atoms with E-state index in [1.165, 1.54) is 36.3 Å². The number of carbonyl (C=O) groups is 2. The molecule has 8 nitrogen and oxygen atoms in total. The Balaban J connectivity index is 2.13. The average molecular weight is 635 g/mol. The van der Waals surface area contributed by atoms with Gasteiger partial charge in [-0.2, -0.15) is 0 Å². The van der Waals surface area contributed by atoms with Gasteiger partial charge in [-0.25, -0.2) is 8.42 Å². The smallest absolute Gasteiger partial charge is 0.264 e. The molecule has 3 aromatic rings. The molecule has 0 aliphatic rings. The fourth-order valence-corrected chi connectivity index (χ4v) is 6.14. The monoisotopic (exact) mass is 633 g/mol. The van der Waals surface area contributed by atoms with Gasteiger partial charge in [-0.05, 0) is 61.2 Å². The van der Waals surface area contributed by atoms with Crippen molar-refractivity contribution in [2.75, 3.05) is 24.5 Å². The molecule has 2 amide bonds. The van der Waals surface area contributed by atoms with Gasteiger partial charge in [0.15, 0.2) is 0 Å². The van der Waals surface area contributed by atoms with Crippen molar-refractivity contribution in [3.63, 3.8) is 0 Å². The second kappa shape index (κ2) is 14.8. The number of hydrogen-bond donors (Lipinski definition) is 1. The van der Waals surface area contributed by atoms with Crippen LogP contribution in [0.1, 0.15) is 38.3 Å². The Bertz CT molecular complexity index is 1500. The molecule has 226 valence electrons. The molecule has 0 aliphatic heterocycles. The summed E-state index contributed by atoms with van der Waals surface area (Å²) in [6.07, 6.45) is 0.297. The van der Waals surface area contributed by atoms with Gasteiger partial charge in [-0.15, -0.1) is 0 Å². The maximum Gasteiger partial charge on any atom is 0.264 e. The number of benzene rings is 3. The van der Waals surface area contributed by atoms with Crippen molar-refractivity contribution < 1.29 is 22.7 Å². The zero-order valence-corrected chi connectivity index (χ0v) is 26.8. The Morgan fingerprint density at radius 1 is 1.00 bits per heavy atom. The first kappa shape index (κ1) is 33.2. The topological polar surface area (TPSA) is 96.0 Å². The number of nitrogens with one attached hydrogen (secondary N) is 1. The lowest BCUT2D eigenvalue weighted by Gasteiger charge is -2.33. The third-order valence-electron chi connectivity index (χ3n) is 6.67. The van der Waals surface area contributed by atoms with Crippen molar-refractivity contribution in [1.29, 1.82) is 0 Å². The molecule has 0 radical (unpaired) electrons. The predicted octanol–water partition coefficient (Wildman–Crippen LogP) is 6.09.